The van der Waals surface area contributed by atoms with E-state index in [0.29, 0.717) is 0 Å². The van der Waals surface area contributed by atoms with Crippen molar-refractivity contribution in [2.24, 2.45) is 0 Å². The SMILES string of the molecule is CN(C)C(=O)C=Cc1cn(-c2ccccc2)nc1-c1cccnc1. The number of pyridine rings is 1. The molecule has 0 aliphatic rings. The summed E-state index contributed by atoms with van der Waals surface area (Å²) < 4.78 is 1.81. The Kier molecular flexibility index (Phi) is 4.52. The lowest BCUT2D eigenvalue weighted by Gasteiger charge is -2.05. The Morgan fingerprint density at radius 3 is 2.58 bits per heavy atom. The summed E-state index contributed by atoms with van der Waals surface area (Å²) in [7, 11) is 3.45. The van der Waals surface area contributed by atoms with Gasteiger partial charge in [0.2, 0.25) is 5.91 Å². The molecule has 2 aromatic heterocycles. The van der Waals surface area contributed by atoms with Gasteiger partial charge < -0.3 is 4.90 Å². The maximum absolute atomic E-state index is 11.8. The molecule has 0 saturated carbocycles. The fourth-order valence-corrected chi connectivity index (χ4v) is 2.26. The third-order valence-electron chi connectivity index (χ3n) is 3.54. The van der Waals surface area contributed by atoms with E-state index < -0.39 is 0 Å². The van der Waals surface area contributed by atoms with Gasteiger partial charge in [-0.15, -0.1) is 0 Å². The van der Waals surface area contributed by atoms with Crippen LogP contribution in [0.4, 0.5) is 0 Å². The first kappa shape index (κ1) is 15.7. The molecule has 1 amide bonds. The molecule has 5 heteroatoms. The first-order valence-corrected chi connectivity index (χ1v) is 7.60. The summed E-state index contributed by atoms with van der Waals surface area (Å²) in [6, 6.07) is 13.7. The molecular weight excluding hydrogens is 300 g/mol. The van der Waals surface area contributed by atoms with Crippen molar-refractivity contribution in [3.05, 3.63) is 72.7 Å². The average molecular weight is 318 g/mol. The van der Waals surface area contributed by atoms with Crippen LogP contribution in [0.15, 0.2) is 67.1 Å². The molecule has 0 N–H and O–H groups in total. The molecule has 3 rings (SSSR count). The number of aromatic nitrogens is 3. The number of hydrogen-bond donors (Lipinski definition) is 0. The van der Waals surface area contributed by atoms with Crippen molar-refractivity contribution in [2.75, 3.05) is 14.1 Å². The standard InChI is InChI=1S/C19H18N4O/c1-22(2)18(24)11-10-16-14-23(17-8-4-3-5-9-17)21-19(16)15-7-6-12-20-13-15/h3-14H,1-2H3. The summed E-state index contributed by atoms with van der Waals surface area (Å²) in [5, 5.41) is 4.67. The Hall–Kier alpha value is -3.21. The maximum Gasteiger partial charge on any atom is 0.246 e. The minimum atomic E-state index is -0.0698. The van der Waals surface area contributed by atoms with E-state index in [2.05, 4.69) is 10.1 Å². The monoisotopic (exact) mass is 318 g/mol. The van der Waals surface area contributed by atoms with Crippen LogP contribution in [0.1, 0.15) is 5.56 Å². The van der Waals surface area contributed by atoms with Crippen LogP contribution in [0, 0.1) is 0 Å². The van der Waals surface area contributed by atoms with Gasteiger partial charge in [0.25, 0.3) is 0 Å². The molecule has 5 nitrogen and oxygen atoms in total. The van der Waals surface area contributed by atoms with Crippen LogP contribution in [0.2, 0.25) is 0 Å². The van der Waals surface area contributed by atoms with Crippen LogP contribution in [0.25, 0.3) is 23.0 Å². The van der Waals surface area contributed by atoms with E-state index in [9.17, 15) is 4.79 Å². The van der Waals surface area contributed by atoms with Gasteiger partial charge >= 0.3 is 0 Å². The van der Waals surface area contributed by atoms with E-state index in [0.717, 1.165) is 22.5 Å². The van der Waals surface area contributed by atoms with Gasteiger partial charge in [-0.1, -0.05) is 18.2 Å². The number of hydrogen-bond acceptors (Lipinski definition) is 3. The molecule has 0 aliphatic carbocycles. The third kappa shape index (κ3) is 3.41. The Morgan fingerprint density at radius 2 is 1.92 bits per heavy atom. The third-order valence-corrected chi connectivity index (χ3v) is 3.54. The highest BCUT2D eigenvalue weighted by Crippen LogP contribution is 2.24. The molecule has 3 aromatic rings. The summed E-state index contributed by atoms with van der Waals surface area (Å²) in [4.78, 5) is 17.5. The molecule has 0 atom stereocenters. The zero-order valence-electron chi connectivity index (χ0n) is 13.6. The normalized spacial score (nSPS) is 10.9. The first-order chi connectivity index (χ1) is 11.6. The van der Waals surface area contributed by atoms with Crippen molar-refractivity contribution in [3.8, 4) is 16.9 Å². The Morgan fingerprint density at radius 1 is 1.12 bits per heavy atom. The second kappa shape index (κ2) is 6.91. The van der Waals surface area contributed by atoms with Crippen LogP contribution in [0.3, 0.4) is 0 Å². The van der Waals surface area contributed by atoms with E-state index in [4.69, 9.17) is 0 Å². The molecule has 1 aromatic carbocycles. The summed E-state index contributed by atoms with van der Waals surface area (Å²) in [5.74, 6) is -0.0698. The van der Waals surface area contributed by atoms with Crippen molar-refractivity contribution in [2.45, 2.75) is 0 Å². The van der Waals surface area contributed by atoms with Crippen LogP contribution in [-0.2, 0) is 4.79 Å². The minimum absolute atomic E-state index is 0.0698. The van der Waals surface area contributed by atoms with E-state index in [-0.39, 0.29) is 5.91 Å². The maximum atomic E-state index is 11.8. The summed E-state index contributed by atoms with van der Waals surface area (Å²) in [6.45, 7) is 0. The first-order valence-electron chi connectivity index (χ1n) is 7.60. The van der Waals surface area contributed by atoms with Crippen LogP contribution in [0.5, 0.6) is 0 Å². The van der Waals surface area contributed by atoms with Gasteiger partial charge in [0.15, 0.2) is 0 Å². The summed E-state index contributed by atoms with van der Waals surface area (Å²) >= 11 is 0. The molecule has 0 radical (unpaired) electrons. The van der Waals surface area contributed by atoms with Gasteiger partial charge in [0, 0.05) is 49.9 Å². The van der Waals surface area contributed by atoms with Crippen LogP contribution < -0.4 is 0 Å². The molecule has 2 heterocycles. The van der Waals surface area contributed by atoms with E-state index in [1.54, 1.807) is 38.6 Å². The molecular formula is C19H18N4O. The van der Waals surface area contributed by atoms with Crippen molar-refractivity contribution in [3.63, 3.8) is 0 Å². The minimum Gasteiger partial charge on any atom is -0.345 e. The van der Waals surface area contributed by atoms with Crippen LogP contribution >= 0.6 is 0 Å². The fourth-order valence-electron chi connectivity index (χ4n) is 2.26. The number of amides is 1. The van der Waals surface area contributed by atoms with Crippen molar-refractivity contribution >= 4 is 12.0 Å². The molecule has 0 fully saturated rings. The van der Waals surface area contributed by atoms with Crippen molar-refractivity contribution in [1.82, 2.24) is 19.7 Å². The van der Waals surface area contributed by atoms with Gasteiger partial charge in [0.05, 0.1) is 5.69 Å². The molecule has 0 spiro atoms. The molecule has 24 heavy (non-hydrogen) atoms. The van der Waals surface area contributed by atoms with E-state index in [1.165, 1.54) is 4.90 Å². The van der Waals surface area contributed by atoms with Gasteiger partial charge in [-0.25, -0.2) is 4.68 Å². The largest absolute Gasteiger partial charge is 0.345 e. The number of nitrogens with zero attached hydrogens (tertiary/aromatic N) is 4. The molecule has 0 bridgehead atoms. The Labute approximate surface area is 140 Å². The number of rotatable bonds is 4. The zero-order chi connectivity index (χ0) is 16.9. The lowest BCUT2D eigenvalue weighted by molar-refractivity contribution is -0.123. The smallest absolute Gasteiger partial charge is 0.246 e. The molecule has 0 unspecified atom stereocenters. The van der Waals surface area contributed by atoms with Crippen LogP contribution in [-0.4, -0.2) is 39.7 Å². The average Bonchev–Trinajstić information content (AvgIpc) is 3.05. The highest BCUT2D eigenvalue weighted by Gasteiger charge is 2.11. The Balaban J connectivity index is 2.05. The number of carbonyl (C=O) groups excluding carboxylic acids is 1. The van der Waals surface area contributed by atoms with E-state index in [1.807, 2.05) is 53.3 Å². The predicted molar refractivity (Wildman–Crippen MR) is 94.5 cm³/mol. The predicted octanol–water partition coefficient (Wildman–Crippen LogP) is 3.04. The lowest BCUT2D eigenvalue weighted by atomic mass is 10.1. The lowest BCUT2D eigenvalue weighted by Crippen LogP contribution is -2.18. The highest BCUT2D eigenvalue weighted by atomic mass is 16.2. The van der Waals surface area contributed by atoms with Gasteiger partial charge in [0.1, 0.15) is 5.69 Å². The zero-order valence-corrected chi connectivity index (χ0v) is 13.6. The summed E-state index contributed by atoms with van der Waals surface area (Å²) in [5.41, 5.74) is 3.52. The number of carbonyl (C=O) groups is 1. The highest BCUT2D eigenvalue weighted by molar-refractivity contribution is 5.92. The number of benzene rings is 1. The summed E-state index contributed by atoms with van der Waals surface area (Å²) in [6.07, 6.45) is 8.74. The second-order valence-corrected chi connectivity index (χ2v) is 5.52. The molecule has 0 saturated heterocycles. The van der Waals surface area contributed by atoms with Crippen molar-refractivity contribution in [1.29, 1.82) is 0 Å². The molecule has 0 aliphatic heterocycles. The Bertz CT molecular complexity index is 852. The van der Waals surface area contributed by atoms with E-state index >= 15 is 0 Å². The van der Waals surface area contributed by atoms with Crippen molar-refractivity contribution < 1.29 is 4.79 Å². The quantitative estimate of drug-likeness (QED) is 0.695. The van der Waals surface area contributed by atoms with Gasteiger partial charge in [-0.3, -0.25) is 9.78 Å². The second-order valence-electron chi connectivity index (χ2n) is 5.52. The number of likely N-dealkylation sites (N-methyl/N-ethyl adjacent to an activating group) is 1. The van der Waals surface area contributed by atoms with Gasteiger partial charge in [-0.2, -0.15) is 5.10 Å². The number of para-hydroxylation sites is 1. The molecule has 120 valence electrons. The topological polar surface area (TPSA) is 51.0 Å². The van der Waals surface area contributed by atoms with Gasteiger partial charge in [-0.05, 0) is 30.3 Å². The fraction of sp³-hybridized carbons (Fsp3) is 0.105.